The zero-order chi connectivity index (χ0) is 12.5. The molecule has 0 saturated carbocycles. The van der Waals surface area contributed by atoms with Gasteiger partial charge in [-0.25, -0.2) is 0 Å². The second-order valence-corrected chi connectivity index (χ2v) is 4.04. The monoisotopic (exact) mass is 235 g/mol. The van der Waals surface area contributed by atoms with E-state index in [0.29, 0.717) is 6.42 Å². The lowest BCUT2D eigenvalue weighted by molar-refractivity contribution is 0.0946. The van der Waals surface area contributed by atoms with Crippen LogP contribution >= 0.6 is 0 Å². The third-order valence-electron chi connectivity index (χ3n) is 2.64. The number of hydrogen-bond donors (Lipinski definition) is 0. The number of rotatable bonds is 8. The van der Waals surface area contributed by atoms with Crippen molar-refractivity contribution in [2.24, 2.45) is 0 Å². The molecule has 1 aromatic rings. The largest absolute Gasteiger partial charge is 0.380 e. The summed E-state index contributed by atoms with van der Waals surface area (Å²) in [4.78, 5) is 13.9. The maximum Gasteiger partial charge on any atom is 0.164 e. The van der Waals surface area contributed by atoms with Gasteiger partial charge in [-0.1, -0.05) is 30.3 Å². The molecule has 0 heterocycles. The zero-order valence-electron chi connectivity index (χ0n) is 10.7. The second kappa shape index (κ2) is 7.98. The first-order chi connectivity index (χ1) is 8.24. The number of hydrogen-bond acceptors (Lipinski definition) is 3. The van der Waals surface area contributed by atoms with Crippen molar-refractivity contribution in [2.45, 2.75) is 13.3 Å². The van der Waals surface area contributed by atoms with Crippen molar-refractivity contribution in [3.63, 3.8) is 0 Å². The van der Waals surface area contributed by atoms with Crippen molar-refractivity contribution in [2.75, 3.05) is 33.4 Å². The molecule has 0 unspecified atom stereocenters. The van der Waals surface area contributed by atoms with Gasteiger partial charge in [0.05, 0.1) is 6.61 Å². The van der Waals surface area contributed by atoms with Crippen LogP contribution < -0.4 is 0 Å². The molecule has 0 aliphatic carbocycles. The van der Waals surface area contributed by atoms with Crippen molar-refractivity contribution >= 4 is 5.78 Å². The van der Waals surface area contributed by atoms with E-state index in [0.717, 1.165) is 31.9 Å². The van der Waals surface area contributed by atoms with Gasteiger partial charge in [-0.3, -0.25) is 4.79 Å². The molecule has 0 radical (unpaired) electrons. The topological polar surface area (TPSA) is 29.5 Å². The first-order valence-electron chi connectivity index (χ1n) is 6.08. The third kappa shape index (κ3) is 5.61. The molecule has 1 aromatic carbocycles. The standard InChI is InChI=1S/C14H21NO2/c1-3-17-12-11-15(2)10-9-14(16)13-7-5-4-6-8-13/h4-8H,3,9-12H2,1-2H3. The van der Waals surface area contributed by atoms with E-state index in [2.05, 4.69) is 4.90 Å². The molecule has 0 fully saturated rings. The summed E-state index contributed by atoms with van der Waals surface area (Å²) in [7, 11) is 2.01. The highest BCUT2D eigenvalue weighted by molar-refractivity contribution is 5.96. The molecular formula is C14H21NO2. The first-order valence-corrected chi connectivity index (χ1v) is 6.08. The minimum absolute atomic E-state index is 0.203. The van der Waals surface area contributed by atoms with E-state index in [4.69, 9.17) is 4.74 Å². The number of ether oxygens (including phenoxy) is 1. The van der Waals surface area contributed by atoms with Crippen molar-refractivity contribution in [1.29, 1.82) is 0 Å². The molecule has 0 aromatic heterocycles. The van der Waals surface area contributed by atoms with Crippen LogP contribution in [0.25, 0.3) is 0 Å². The van der Waals surface area contributed by atoms with Crippen LogP contribution in [0.15, 0.2) is 30.3 Å². The van der Waals surface area contributed by atoms with Gasteiger partial charge >= 0.3 is 0 Å². The Bertz CT molecular complexity index is 324. The molecule has 3 heteroatoms. The summed E-state index contributed by atoms with van der Waals surface area (Å²) in [6.07, 6.45) is 0.562. The molecule has 1 rings (SSSR count). The number of carbonyl (C=O) groups excluding carboxylic acids is 1. The number of likely N-dealkylation sites (N-methyl/N-ethyl adjacent to an activating group) is 1. The fraction of sp³-hybridized carbons (Fsp3) is 0.500. The van der Waals surface area contributed by atoms with Gasteiger partial charge in [0, 0.05) is 31.7 Å². The van der Waals surface area contributed by atoms with E-state index in [1.165, 1.54) is 0 Å². The molecule has 17 heavy (non-hydrogen) atoms. The molecule has 3 nitrogen and oxygen atoms in total. The highest BCUT2D eigenvalue weighted by atomic mass is 16.5. The molecule has 0 bridgehead atoms. The normalized spacial score (nSPS) is 10.8. The number of benzene rings is 1. The van der Waals surface area contributed by atoms with Crippen molar-refractivity contribution in [3.8, 4) is 0 Å². The predicted molar refractivity (Wildman–Crippen MR) is 69.4 cm³/mol. The van der Waals surface area contributed by atoms with Crippen LogP contribution in [-0.2, 0) is 4.74 Å². The van der Waals surface area contributed by atoms with Crippen LogP contribution in [0.5, 0.6) is 0 Å². The Morgan fingerprint density at radius 3 is 2.59 bits per heavy atom. The Morgan fingerprint density at radius 2 is 1.94 bits per heavy atom. The van der Waals surface area contributed by atoms with Gasteiger partial charge in [0.25, 0.3) is 0 Å². The van der Waals surface area contributed by atoms with E-state index in [1.54, 1.807) is 0 Å². The molecule has 94 valence electrons. The molecule has 0 atom stereocenters. The number of carbonyl (C=O) groups is 1. The van der Waals surface area contributed by atoms with Crippen LogP contribution in [0, 0.1) is 0 Å². The van der Waals surface area contributed by atoms with Gasteiger partial charge in [0.2, 0.25) is 0 Å². The highest BCUT2D eigenvalue weighted by Gasteiger charge is 2.06. The minimum Gasteiger partial charge on any atom is -0.380 e. The quantitative estimate of drug-likeness (QED) is 0.511. The van der Waals surface area contributed by atoms with E-state index in [9.17, 15) is 4.79 Å². The third-order valence-corrected chi connectivity index (χ3v) is 2.64. The summed E-state index contributed by atoms with van der Waals surface area (Å²) < 4.78 is 5.27. The van der Waals surface area contributed by atoms with Crippen molar-refractivity contribution in [3.05, 3.63) is 35.9 Å². The minimum atomic E-state index is 0.203. The Morgan fingerprint density at radius 1 is 1.24 bits per heavy atom. The van der Waals surface area contributed by atoms with E-state index >= 15 is 0 Å². The summed E-state index contributed by atoms with van der Waals surface area (Å²) in [6.45, 7) is 5.11. The SMILES string of the molecule is CCOCCN(C)CCC(=O)c1ccccc1. The van der Waals surface area contributed by atoms with Crippen LogP contribution in [-0.4, -0.2) is 44.0 Å². The zero-order valence-corrected chi connectivity index (χ0v) is 10.7. The molecule has 0 saturated heterocycles. The Kier molecular flexibility index (Phi) is 6.51. The van der Waals surface area contributed by atoms with Crippen molar-refractivity contribution < 1.29 is 9.53 Å². The van der Waals surface area contributed by atoms with Gasteiger partial charge < -0.3 is 9.64 Å². The number of Topliss-reactive ketones (excluding diaryl/α,β-unsaturated/α-hetero) is 1. The Labute approximate surface area is 103 Å². The summed E-state index contributed by atoms with van der Waals surface area (Å²) in [5.74, 6) is 0.203. The highest BCUT2D eigenvalue weighted by Crippen LogP contribution is 2.03. The van der Waals surface area contributed by atoms with Crippen LogP contribution in [0.2, 0.25) is 0 Å². The number of nitrogens with zero attached hydrogens (tertiary/aromatic N) is 1. The predicted octanol–water partition coefficient (Wildman–Crippen LogP) is 2.23. The number of ketones is 1. The summed E-state index contributed by atoms with van der Waals surface area (Å²) in [5, 5.41) is 0. The van der Waals surface area contributed by atoms with E-state index in [1.807, 2.05) is 44.3 Å². The maximum absolute atomic E-state index is 11.8. The summed E-state index contributed by atoms with van der Waals surface area (Å²) in [5.41, 5.74) is 0.797. The smallest absolute Gasteiger partial charge is 0.164 e. The first kappa shape index (κ1) is 13.9. The van der Waals surface area contributed by atoms with E-state index in [-0.39, 0.29) is 5.78 Å². The molecule has 0 amide bonds. The average molecular weight is 235 g/mol. The molecule has 0 aliphatic heterocycles. The van der Waals surface area contributed by atoms with Crippen LogP contribution in [0.4, 0.5) is 0 Å². The summed E-state index contributed by atoms with van der Waals surface area (Å²) in [6, 6.07) is 9.44. The lowest BCUT2D eigenvalue weighted by atomic mass is 10.1. The van der Waals surface area contributed by atoms with Gasteiger partial charge in [0.1, 0.15) is 0 Å². The van der Waals surface area contributed by atoms with Gasteiger partial charge in [-0.2, -0.15) is 0 Å². The average Bonchev–Trinajstić information content (AvgIpc) is 2.37. The molecule has 0 aliphatic rings. The van der Waals surface area contributed by atoms with Gasteiger partial charge in [0.15, 0.2) is 5.78 Å². The second-order valence-electron chi connectivity index (χ2n) is 4.04. The van der Waals surface area contributed by atoms with Crippen molar-refractivity contribution in [1.82, 2.24) is 4.90 Å². The lowest BCUT2D eigenvalue weighted by Gasteiger charge is -2.15. The van der Waals surface area contributed by atoms with Crippen LogP contribution in [0.3, 0.4) is 0 Å². The summed E-state index contributed by atoms with van der Waals surface area (Å²) >= 11 is 0. The fourth-order valence-corrected chi connectivity index (χ4v) is 1.54. The maximum atomic E-state index is 11.8. The molecular weight excluding hydrogens is 214 g/mol. The molecule has 0 N–H and O–H groups in total. The van der Waals surface area contributed by atoms with Gasteiger partial charge in [-0.15, -0.1) is 0 Å². The van der Waals surface area contributed by atoms with Gasteiger partial charge in [-0.05, 0) is 14.0 Å². The molecule has 0 spiro atoms. The fourth-order valence-electron chi connectivity index (χ4n) is 1.54. The Balaban J connectivity index is 2.24. The Hall–Kier alpha value is -1.19. The van der Waals surface area contributed by atoms with E-state index < -0.39 is 0 Å². The lowest BCUT2D eigenvalue weighted by Crippen LogP contribution is -2.25. The van der Waals surface area contributed by atoms with Crippen LogP contribution in [0.1, 0.15) is 23.7 Å².